The molecule has 6 heteroatoms. The minimum absolute atomic E-state index is 0.00271. The first-order valence-electron chi connectivity index (χ1n) is 7.26. The number of phenolic OH excluding ortho intramolecular Hbond substituents is 1. The molecule has 0 atom stereocenters. The van der Waals surface area contributed by atoms with Gasteiger partial charge in [-0.25, -0.2) is 4.98 Å². The van der Waals surface area contributed by atoms with Crippen LogP contribution in [0.4, 0.5) is 0 Å². The quantitative estimate of drug-likeness (QED) is 0.711. The lowest BCUT2D eigenvalue weighted by Gasteiger charge is -2.18. The number of hydrogen-bond acceptors (Lipinski definition) is 5. The third-order valence-corrected chi connectivity index (χ3v) is 4.70. The average molecular weight is 398 g/mol. The molecule has 124 valence electrons. The van der Waals surface area contributed by atoms with Crippen LogP contribution in [-0.4, -0.2) is 15.9 Å². The van der Waals surface area contributed by atoms with Gasteiger partial charge in [-0.2, -0.15) is 0 Å². The monoisotopic (exact) mass is 397 g/mol. The van der Waals surface area contributed by atoms with Crippen LogP contribution in [-0.2, 0) is 6.61 Å². The molecule has 0 aliphatic carbocycles. The third kappa shape index (κ3) is 4.78. The number of hydrogen-bond donors (Lipinski definition) is 1. The molecule has 0 aliphatic heterocycles. The summed E-state index contributed by atoms with van der Waals surface area (Å²) in [7, 11) is 0. The fraction of sp³-hybridized carbons (Fsp3) is 0.412. The maximum atomic E-state index is 12.3. The number of carbonyl (C=O) groups excluding carboxylic acids is 1. The van der Waals surface area contributed by atoms with Crippen LogP contribution in [0.2, 0.25) is 0 Å². The summed E-state index contributed by atoms with van der Waals surface area (Å²) in [6.07, 6.45) is 2.11. The number of thiazole rings is 1. The molecule has 0 fully saturated rings. The summed E-state index contributed by atoms with van der Waals surface area (Å²) in [5, 5.41) is 11.2. The van der Waals surface area contributed by atoms with Gasteiger partial charge >= 0.3 is 0 Å². The summed E-state index contributed by atoms with van der Waals surface area (Å²) in [5.74, 6) is 0.492. The number of aromatic nitrogens is 1. The number of carbonyl (C=O) groups is 1. The maximum Gasteiger partial charge on any atom is 0.167 e. The highest BCUT2D eigenvalue weighted by molar-refractivity contribution is 9.11. The lowest BCUT2D eigenvalue weighted by Crippen LogP contribution is -2.13. The van der Waals surface area contributed by atoms with Gasteiger partial charge in [-0.1, -0.05) is 20.8 Å². The van der Waals surface area contributed by atoms with Crippen molar-refractivity contribution in [3.8, 4) is 11.5 Å². The SMILES string of the molecule is Cc1c(OCc2ncc(Br)s2)ccc(C(=O)CC(C)(C)C)c1O. The zero-order valence-corrected chi connectivity index (χ0v) is 16.0. The van der Waals surface area contributed by atoms with E-state index >= 15 is 0 Å². The van der Waals surface area contributed by atoms with Crippen molar-refractivity contribution >= 4 is 33.0 Å². The topological polar surface area (TPSA) is 59.4 Å². The summed E-state index contributed by atoms with van der Waals surface area (Å²) in [6, 6.07) is 3.36. The Labute approximate surface area is 148 Å². The summed E-state index contributed by atoms with van der Waals surface area (Å²) >= 11 is 4.85. The van der Waals surface area contributed by atoms with Gasteiger partial charge in [-0.05, 0) is 40.4 Å². The number of benzene rings is 1. The van der Waals surface area contributed by atoms with Crippen molar-refractivity contribution < 1.29 is 14.6 Å². The second kappa shape index (κ2) is 7.01. The number of aromatic hydroxyl groups is 1. The van der Waals surface area contributed by atoms with E-state index in [0.717, 1.165) is 8.79 Å². The first kappa shape index (κ1) is 17.9. The molecule has 1 aromatic heterocycles. The van der Waals surface area contributed by atoms with Crippen LogP contribution >= 0.6 is 27.3 Å². The molecule has 0 saturated carbocycles. The van der Waals surface area contributed by atoms with Crippen molar-refractivity contribution in [3.63, 3.8) is 0 Å². The Morgan fingerprint density at radius 2 is 2.09 bits per heavy atom. The van der Waals surface area contributed by atoms with E-state index in [4.69, 9.17) is 4.74 Å². The predicted molar refractivity (Wildman–Crippen MR) is 95.4 cm³/mol. The number of nitrogens with zero attached hydrogens (tertiary/aromatic N) is 1. The Hall–Kier alpha value is -1.40. The first-order chi connectivity index (χ1) is 10.7. The average Bonchev–Trinajstić information content (AvgIpc) is 2.84. The molecular weight excluding hydrogens is 378 g/mol. The summed E-state index contributed by atoms with van der Waals surface area (Å²) in [4.78, 5) is 16.5. The lowest BCUT2D eigenvalue weighted by atomic mass is 9.87. The van der Waals surface area contributed by atoms with Crippen LogP contribution in [0.5, 0.6) is 11.5 Å². The number of phenols is 1. The molecule has 2 rings (SSSR count). The highest BCUT2D eigenvalue weighted by Gasteiger charge is 2.21. The van der Waals surface area contributed by atoms with Gasteiger partial charge in [-0.15, -0.1) is 11.3 Å². The van der Waals surface area contributed by atoms with Crippen LogP contribution in [0, 0.1) is 12.3 Å². The van der Waals surface area contributed by atoms with E-state index in [1.807, 2.05) is 20.8 Å². The summed E-state index contributed by atoms with van der Waals surface area (Å²) < 4.78 is 6.65. The van der Waals surface area contributed by atoms with Crippen LogP contribution < -0.4 is 4.74 Å². The predicted octanol–water partition coefficient (Wildman–Crippen LogP) is 5.12. The molecule has 0 bridgehead atoms. The second-order valence-electron chi connectivity index (χ2n) is 6.59. The van der Waals surface area contributed by atoms with Crippen LogP contribution in [0.3, 0.4) is 0 Å². The molecule has 0 saturated heterocycles. The number of Topliss-reactive ketones (excluding diaryl/α,β-unsaturated/α-hetero) is 1. The van der Waals surface area contributed by atoms with E-state index < -0.39 is 0 Å². The molecule has 23 heavy (non-hydrogen) atoms. The molecule has 2 aromatic rings. The highest BCUT2D eigenvalue weighted by atomic mass is 79.9. The Kier molecular flexibility index (Phi) is 5.47. The fourth-order valence-corrected chi connectivity index (χ4v) is 3.35. The summed E-state index contributed by atoms with van der Waals surface area (Å²) in [5.41, 5.74) is 0.798. The van der Waals surface area contributed by atoms with Crippen LogP contribution in [0.15, 0.2) is 22.1 Å². The highest BCUT2D eigenvalue weighted by Crippen LogP contribution is 2.33. The Morgan fingerprint density at radius 3 is 2.65 bits per heavy atom. The molecule has 0 unspecified atom stereocenters. The Balaban J connectivity index is 2.15. The van der Waals surface area contributed by atoms with E-state index in [1.54, 1.807) is 25.3 Å². The third-order valence-electron chi connectivity index (χ3n) is 3.25. The smallest absolute Gasteiger partial charge is 0.167 e. The van der Waals surface area contributed by atoms with E-state index in [0.29, 0.717) is 29.9 Å². The molecular formula is C17H20BrNO3S. The van der Waals surface area contributed by atoms with Crippen molar-refractivity contribution in [2.45, 2.75) is 40.7 Å². The van der Waals surface area contributed by atoms with E-state index in [1.165, 1.54) is 11.3 Å². The molecule has 0 aliphatic rings. The van der Waals surface area contributed by atoms with E-state index in [9.17, 15) is 9.90 Å². The molecule has 1 heterocycles. The first-order valence-corrected chi connectivity index (χ1v) is 8.87. The van der Waals surface area contributed by atoms with Gasteiger partial charge in [0.2, 0.25) is 0 Å². The van der Waals surface area contributed by atoms with Gasteiger partial charge < -0.3 is 9.84 Å². The number of halogens is 1. The normalized spacial score (nSPS) is 11.5. The Bertz CT molecular complexity index is 719. The van der Waals surface area contributed by atoms with Gasteiger partial charge in [0.1, 0.15) is 23.1 Å². The van der Waals surface area contributed by atoms with E-state index in [2.05, 4.69) is 20.9 Å². The van der Waals surface area contributed by atoms with Crippen molar-refractivity contribution in [2.75, 3.05) is 0 Å². The second-order valence-corrected chi connectivity index (χ2v) is 9.09. The molecule has 0 spiro atoms. The van der Waals surface area contributed by atoms with Gasteiger partial charge in [0.15, 0.2) is 5.78 Å². The summed E-state index contributed by atoms with van der Waals surface area (Å²) in [6.45, 7) is 8.07. The minimum atomic E-state index is -0.120. The number of ether oxygens (including phenoxy) is 1. The van der Waals surface area contributed by atoms with Gasteiger partial charge in [-0.3, -0.25) is 4.79 Å². The standard InChI is InChI=1S/C17H20BrNO3S/c1-10-13(22-9-15-19-8-14(18)23-15)6-5-11(16(10)21)12(20)7-17(2,3)4/h5-6,8,21H,7,9H2,1-4H3. The van der Waals surface area contributed by atoms with Crippen molar-refractivity contribution in [3.05, 3.63) is 38.3 Å². The van der Waals surface area contributed by atoms with Crippen molar-refractivity contribution in [2.24, 2.45) is 5.41 Å². The van der Waals surface area contributed by atoms with Gasteiger partial charge in [0, 0.05) is 12.0 Å². The fourth-order valence-electron chi connectivity index (χ4n) is 2.13. The molecule has 0 radical (unpaired) electrons. The lowest BCUT2D eigenvalue weighted by molar-refractivity contribution is 0.0937. The van der Waals surface area contributed by atoms with Crippen molar-refractivity contribution in [1.29, 1.82) is 0 Å². The Morgan fingerprint density at radius 1 is 1.39 bits per heavy atom. The minimum Gasteiger partial charge on any atom is -0.507 e. The largest absolute Gasteiger partial charge is 0.507 e. The molecule has 0 amide bonds. The number of ketones is 1. The zero-order valence-electron chi connectivity index (χ0n) is 13.6. The van der Waals surface area contributed by atoms with Crippen LogP contribution in [0.1, 0.15) is 48.1 Å². The van der Waals surface area contributed by atoms with Gasteiger partial charge in [0.05, 0.1) is 15.5 Å². The molecule has 4 nitrogen and oxygen atoms in total. The zero-order chi connectivity index (χ0) is 17.2. The van der Waals surface area contributed by atoms with E-state index in [-0.39, 0.29) is 16.9 Å². The molecule has 1 aromatic carbocycles. The van der Waals surface area contributed by atoms with Crippen LogP contribution in [0.25, 0.3) is 0 Å². The van der Waals surface area contributed by atoms with Crippen molar-refractivity contribution in [1.82, 2.24) is 4.98 Å². The van der Waals surface area contributed by atoms with Gasteiger partial charge in [0.25, 0.3) is 0 Å². The maximum absolute atomic E-state index is 12.3. The molecule has 1 N–H and O–H groups in total. The number of rotatable bonds is 5.